The smallest absolute Gasteiger partial charge is 0.255 e. The summed E-state index contributed by atoms with van der Waals surface area (Å²) in [5.41, 5.74) is 1.77. The predicted molar refractivity (Wildman–Crippen MR) is 82.8 cm³/mol. The van der Waals surface area contributed by atoms with Crippen LogP contribution in [-0.2, 0) is 0 Å². The van der Waals surface area contributed by atoms with E-state index in [1.165, 1.54) is 0 Å². The fourth-order valence-corrected chi connectivity index (χ4v) is 2.50. The number of anilines is 1. The number of nitrogens with one attached hydrogen (secondary N) is 1. The number of hydrogen-bond acceptors (Lipinski definition) is 3. The first-order valence-electron chi connectivity index (χ1n) is 5.69. The number of carbonyl (C=O) groups is 1. The Labute approximate surface area is 131 Å². The van der Waals surface area contributed by atoms with Gasteiger partial charge in [0.2, 0.25) is 0 Å². The van der Waals surface area contributed by atoms with Gasteiger partial charge in [-0.1, -0.05) is 15.9 Å². The number of pyridine rings is 1. The fourth-order valence-electron chi connectivity index (χ4n) is 1.79. The van der Waals surface area contributed by atoms with E-state index in [2.05, 4.69) is 47.4 Å². The minimum atomic E-state index is -0.194. The topological polar surface area (TPSA) is 59.3 Å². The Kier molecular flexibility index (Phi) is 3.54. The van der Waals surface area contributed by atoms with E-state index in [-0.39, 0.29) is 5.91 Å². The number of hydrogen-bond donors (Lipinski definition) is 1. The summed E-state index contributed by atoms with van der Waals surface area (Å²) in [5, 5.41) is 10.7. The molecule has 0 atom stereocenters. The predicted octanol–water partition coefficient (Wildman–Crippen LogP) is 3.51. The number of fused-ring (bicyclic) bond motifs is 1. The van der Waals surface area contributed by atoms with Crippen molar-refractivity contribution in [3.05, 3.63) is 57.4 Å². The molecule has 3 aromatic rings. The number of carbonyl (C=O) groups excluding carboxylic acids is 1. The van der Waals surface area contributed by atoms with Gasteiger partial charge in [0.15, 0.2) is 5.65 Å². The highest BCUT2D eigenvalue weighted by Gasteiger charge is 2.11. The monoisotopic (exact) mass is 394 g/mol. The van der Waals surface area contributed by atoms with Crippen molar-refractivity contribution >= 4 is 49.1 Å². The third-order valence-corrected chi connectivity index (χ3v) is 3.68. The van der Waals surface area contributed by atoms with Gasteiger partial charge in [0, 0.05) is 20.7 Å². The number of rotatable bonds is 2. The van der Waals surface area contributed by atoms with Crippen LogP contribution in [0.25, 0.3) is 5.65 Å². The van der Waals surface area contributed by atoms with Crippen LogP contribution in [0, 0.1) is 0 Å². The van der Waals surface area contributed by atoms with Crippen molar-refractivity contribution in [2.24, 2.45) is 0 Å². The Morgan fingerprint density at radius 3 is 2.65 bits per heavy atom. The minimum Gasteiger partial charge on any atom is -0.319 e. The maximum atomic E-state index is 12.2. The molecule has 1 amide bonds. The summed E-state index contributed by atoms with van der Waals surface area (Å²) in [4.78, 5) is 12.2. The van der Waals surface area contributed by atoms with Crippen molar-refractivity contribution in [2.75, 3.05) is 5.32 Å². The van der Waals surface area contributed by atoms with Crippen LogP contribution >= 0.6 is 31.9 Å². The summed E-state index contributed by atoms with van der Waals surface area (Å²) in [6, 6.07) is 8.93. The quantitative estimate of drug-likeness (QED) is 0.722. The van der Waals surface area contributed by atoms with E-state index in [1.54, 1.807) is 28.9 Å². The first kappa shape index (κ1) is 13.3. The maximum Gasteiger partial charge on any atom is 0.255 e. The van der Waals surface area contributed by atoms with Crippen molar-refractivity contribution in [2.45, 2.75) is 0 Å². The van der Waals surface area contributed by atoms with Crippen LogP contribution in [-0.4, -0.2) is 20.5 Å². The highest BCUT2D eigenvalue weighted by molar-refractivity contribution is 9.10. The average molecular weight is 396 g/mol. The summed E-state index contributed by atoms with van der Waals surface area (Å²) in [6.45, 7) is 0. The molecule has 3 rings (SSSR count). The van der Waals surface area contributed by atoms with Gasteiger partial charge < -0.3 is 5.32 Å². The molecule has 0 aliphatic rings. The van der Waals surface area contributed by atoms with Gasteiger partial charge in [0.05, 0.1) is 5.69 Å². The molecule has 2 aromatic heterocycles. The molecule has 0 saturated heterocycles. The van der Waals surface area contributed by atoms with Crippen LogP contribution in [0.5, 0.6) is 0 Å². The molecule has 1 N–H and O–H groups in total. The lowest BCUT2D eigenvalue weighted by Crippen LogP contribution is -2.12. The highest BCUT2D eigenvalue weighted by Crippen LogP contribution is 2.21. The van der Waals surface area contributed by atoms with Gasteiger partial charge >= 0.3 is 0 Å². The fraction of sp³-hybridized carbons (Fsp3) is 0. The van der Waals surface area contributed by atoms with Crippen molar-refractivity contribution in [3.63, 3.8) is 0 Å². The Bertz CT molecular complexity index is 783. The van der Waals surface area contributed by atoms with Gasteiger partial charge in [-0.25, -0.2) is 0 Å². The van der Waals surface area contributed by atoms with Crippen molar-refractivity contribution in [1.82, 2.24) is 14.6 Å². The molecular formula is C13H8Br2N4O. The van der Waals surface area contributed by atoms with E-state index in [0.717, 1.165) is 8.95 Å². The van der Waals surface area contributed by atoms with E-state index in [4.69, 9.17) is 0 Å². The van der Waals surface area contributed by atoms with Crippen LogP contribution < -0.4 is 5.32 Å². The molecule has 0 bridgehead atoms. The van der Waals surface area contributed by atoms with Crippen LogP contribution in [0.15, 0.2) is 51.8 Å². The minimum absolute atomic E-state index is 0.194. The summed E-state index contributed by atoms with van der Waals surface area (Å²) >= 11 is 6.73. The number of aromatic nitrogens is 3. The van der Waals surface area contributed by atoms with Crippen LogP contribution in [0.3, 0.4) is 0 Å². The van der Waals surface area contributed by atoms with Crippen LogP contribution in [0.2, 0.25) is 0 Å². The maximum absolute atomic E-state index is 12.2. The lowest BCUT2D eigenvalue weighted by Gasteiger charge is -2.07. The SMILES string of the molecule is O=C(Nc1cc(Br)cn2cnnc12)c1ccc(Br)cc1. The van der Waals surface area contributed by atoms with Gasteiger partial charge in [-0.2, -0.15) is 0 Å². The second-order valence-electron chi connectivity index (χ2n) is 4.09. The molecular weight excluding hydrogens is 388 g/mol. The molecule has 0 aliphatic heterocycles. The zero-order valence-electron chi connectivity index (χ0n) is 10.0. The molecule has 0 aliphatic carbocycles. The van der Waals surface area contributed by atoms with Gasteiger partial charge in [0.1, 0.15) is 6.33 Å². The molecule has 7 heteroatoms. The Morgan fingerprint density at radius 2 is 1.90 bits per heavy atom. The van der Waals surface area contributed by atoms with Gasteiger partial charge in [0.25, 0.3) is 5.91 Å². The second kappa shape index (κ2) is 5.34. The summed E-state index contributed by atoms with van der Waals surface area (Å²) in [7, 11) is 0. The largest absolute Gasteiger partial charge is 0.319 e. The molecule has 20 heavy (non-hydrogen) atoms. The third-order valence-electron chi connectivity index (χ3n) is 2.71. The zero-order chi connectivity index (χ0) is 14.1. The standard InChI is InChI=1S/C13H8Br2N4O/c14-9-3-1-8(2-4-9)13(20)17-11-5-10(15)6-19-7-16-18-12(11)19/h1-7H,(H,17,20). The number of amides is 1. The molecule has 0 saturated carbocycles. The van der Waals surface area contributed by atoms with Crippen molar-refractivity contribution < 1.29 is 4.79 Å². The molecule has 100 valence electrons. The molecule has 1 aromatic carbocycles. The lowest BCUT2D eigenvalue weighted by atomic mass is 10.2. The number of nitrogens with zero attached hydrogens (tertiary/aromatic N) is 3. The molecule has 2 heterocycles. The lowest BCUT2D eigenvalue weighted by molar-refractivity contribution is 0.102. The molecule has 0 radical (unpaired) electrons. The number of benzene rings is 1. The van der Waals surface area contributed by atoms with Gasteiger partial charge in [-0.05, 0) is 46.3 Å². The highest BCUT2D eigenvalue weighted by atomic mass is 79.9. The van der Waals surface area contributed by atoms with Crippen LogP contribution in [0.4, 0.5) is 5.69 Å². The summed E-state index contributed by atoms with van der Waals surface area (Å²) in [6.07, 6.45) is 3.40. The van der Waals surface area contributed by atoms with E-state index < -0.39 is 0 Å². The Hall–Kier alpha value is -1.73. The Morgan fingerprint density at radius 1 is 1.15 bits per heavy atom. The first-order valence-corrected chi connectivity index (χ1v) is 7.28. The molecule has 0 spiro atoms. The van der Waals surface area contributed by atoms with Crippen LogP contribution in [0.1, 0.15) is 10.4 Å². The van der Waals surface area contributed by atoms with Crippen molar-refractivity contribution in [3.8, 4) is 0 Å². The van der Waals surface area contributed by atoms with Gasteiger partial charge in [-0.15, -0.1) is 10.2 Å². The second-order valence-corrected chi connectivity index (χ2v) is 5.93. The average Bonchev–Trinajstić information content (AvgIpc) is 2.87. The van der Waals surface area contributed by atoms with E-state index in [1.807, 2.05) is 18.3 Å². The summed E-state index contributed by atoms with van der Waals surface area (Å²) < 4.78 is 3.49. The Balaban J connectivity index is 1.94. The third kappa shape index (κ3) is 2.59. The van der Waals surface area contributed by atoms with E-state index in [0.29, 0.717) is 16.9 Å². The van der Waals surface area contributed by atoms with E-state index in [9.17, 15) is 4.79 Å². The normalized spacial score (nSPS) is 10.7. The molecule has 5 nitrogen and oxygen atoms in total. The molecule has 0 fully saturated rings. The molecule has 0 unspecified atom stereocenters. The number of halogens is 2. The summed E-state index contributed by atoms with van der Waals surface area (Å²) in [5.74, 6) is -0.194. The zero-order valence-corrected chi connectivity index (χ0v) is 13.2. The van der Waals surface area contributed by atoms with Gasteiger partial charge in [-0.3, -0.25) is 9.20 Å². The van der Waals surface area contributed by atoms with Crippen molar-refractivity contribution in [1.29, 1.82) is 0 Å². The first-order chi connectivity index (χ1) is 9.63. The van der Waals surface area contributed by atoms with E-state index >= 15 is 0 Å².